The Kier molecular flexibility index (Phi) is 16.5. The predicted octanol–water partition coefficient (Wildman–Crippen LogP) is 5.40. The van der Waals surface area contributed by atoms with Gasteiger partial charge >= 0.3 is 0 Å². The lowest BCUT2D eigenvalue weighted by atomic mass is 10.0. The first-order chi connectivity index (χ1) is 6.00. The molecular weight excluding hydrogens is 168 g/mol. The molecule has 0 amide bonds. The van der Waals surface area contributed by atoms with E-state index in [1.807, 2.05) is 50.2 Å². The Morgan fingerprint density at radius 1 is 0.571 bits per heavy atom. The highest BCUT2D eigenvalue weighted by Gasteiger charge is 1.95. The monoisotopic (exact) mass is 196 g/mol. The lowest BCUT2D eigenvalue weighted by Crippen LogP contribution is -1.93. The van der Waals surface area contributed by atoms with Crippen LogP contribution in [0.4, 0.5) is 0 Å². The topological polar surface area (TPSA) is 0 Å². The van der Waals surface area contributed by atoms with Crippen molar-refractivity contribution in [1.29, 1.82) is 0 Å². The van der Waals surface area contributed by atoms with Gasteiger partial charge < -0.3 is 0 Å². The summed E-state index contributed by atoms with van der Waals surface area (Å²) in [5, 5.41) is 0. The first kappa shape index (κ1) is 18.9. The number of hydrogen-bond acceptors (Lipinski definition) is 0. The van der Waals surface area contributed by atoms with E-state index in [1.165, 1.54) is 0 Å². The third-order valence-electron chi connectivity index (χ3n) is 0.667. The number of rotatable bonds is 0. The molecule has 0 aliphatic rings. The van der Waals surface area contributed by atoms with E-state index in [1.54, 1.807) is 0 Å². The smallest absolute Gasteiger partial charge is 0.0411 e. The van der Waals surface area contributed by atoms with Crippen LogP contribution in [0.5, 0.6) is 0 Å². The minimum atomic E-state index is 0. The molecule has 0 nitrogen and oxygen atoms in total. The zero-order chi connectivity index (χ0) is 10.7. The van der Waals surface area contributed by atoms with E-state index in [9.17, 15) is 0 Å². The van der Waals surface area contributed by atoms with Crippen molar-refractivity contribution in [2.45, 2.75) is 49.0 Å². The molecule has 1 aromatic carbocycles. The quantitative estimate of drug-likeness (QED) is 0.521. The van der Waals surface area contributed by atoms with Crippen LogP contribution in [0.3, 0.4) is 0 Å². The van der Waals surface area contributed by atoms with Crippen molar-refractivity contribution < 1.29 is 0 Å². The van der Waals surface area contributed by atoms with Crippen LogP contribution in [0.25, 0.3) is 0 Å². The molecule has 84 valence electrons. The Labute approximate surface area is 91.4 Å². The van der Waals surface area contributed by atoms with Crippen molar-refractivity contribution in [3.8, 4) is 0 Å². The standard InChI is InChI=1S/C6H6.C5H12.C2H6.CH4/c1-2-4-6-5-3-1;1-5(2,3)4;1-2;/h1-6H;1-4H3;1-2H3;1H4. The van der Waals surface area contributed by atoms with Crippen molar-refractivity contribution in [1.82, 2.24) is 0 Å². The van der Waals surface area contributed by atoms with E-state index < -0.39 is 0 Å². The molecule has 1 rings (SSSR count). The second-order valence-electron chi connectivity index (χ2n) is 4.15. The van der Waals surface area contributed by atoms with Gasteiger partial charge in [-0.15, -0.1) is 0 Å². The maximum Gasteiger partial charge on any atom is -0.0411 e. The molecule has 0 bridgehead atoms. The van der Waals surface area contributed by atoms with Gasteiger partial charge in [0.15, 0.2) is 0 Å². The van der Waals surface area contributed by atoms with Gasteiger partial charge in [0.05, 0.1) is 0 Å². The highest BCUT2D eigenvalue weighted by molar-refractivity contribution is 4.99. The average Bonchev–Trinajstić information content (AvgIpc) is 2.08. The second kappa shape index (κ2) is 12.2. The molecule has 14 heavy (non-hydrogen) atoms. The summed E-state index contributed by atoms with van der Waals surface area (Å²) in [4.78, 5) is 0. The zero-order valence-corrected chi connectivity index (χ0v) is 9.96. The molecule has 0 aliphatic carbocycles. The van der Waals surface area contributed by atoms with Crippen LogP contribution in [0.15, 0.2) is 36.4 Å². The molecule has 0 unspecified atom stereocenters. The second-order valence-corrected chi connectivity index (χ2v) is 4.15. The van der Waals surface area contributed by atoms with E-state index in [2.05, 4.69) is 27.7 Å². The third kappa shape index (κ3) is 43.0. The molecule has 0 saturated carbocycles. The molecule has 0 radical (unpaired) electrons. The van der Waals surface area contributed by atoms with E-state index in [0.717, 1.165) is 0 Å². The molecule has 0 atom stereocenters. The van der Waals surface area contributed by atoms with Gasteiger partial charge in [-0.2, -0.15) is 0 Å². The van der Waals surface area contributed by atoms with E-state index >= 15 is 0 Å². The Bertz CT molecular complexity index is 124. The highest BCUT2D eigenvalue weighted by atomic mass is 14.0. The van der Waals surface area contributed by atoms with Crippen molar-refractivity contribution in [3.05, 3.63) is 36.4 Å². The molecule has 1 aromatic rings. The van der Waals surface area contributed by atoms with E-state index in [4.69, 9.17) is 0 Å². The van der Waals surface area contributed by atoms with Crippen LogP contribution in [0.2, 0.25) is 0 Å². The Morgan fingerprint density at radius 2 is 0.643 bits per heavy atom. The normalized spacial score (nSPS) is 8.14. The molecule has 0 heteroatoms. The van der Waals surface area contributed by atoms with E-state index in [-0.39, 0.29) is 7.43 Å². The Morgan fingerprint density at radius 3 is 0.714 bits per heavy atom. The molecule has 0 aliphatic heterocycles. The molecule has 0 N–H and O–H groups in total. The van der Waals surface area contributed by atoms with Gasteiger partial charge in [0.2, 0.25) is 0 Å². The van der Waals surface area contributed by atoms with Crippen LogP contribution in [0, 0.1) is 5.41 Å². The SMILES string of the molecule is C.CC.CC(C)(C)C.c1ccccc1. The fraction of sp³-hybridized carbons (Fsp3) is 0.571. The summed E-state index contributed by atoms with van der Waals surface area (Å²) < 4.78 is 0. The Balaban J connectivity index is -0.000000141. The number of benzene rings is 1. The summed E-state index contributed by atoms with van der Waals surface area (Å²) in [6, 6.07) is 12.0. The van der Waals surface area contributed by atoms with Crippen molar-refractivity contribution in [2.75, 3.05) is 0 Å². The lowest BCUT2D eigenvalue weighted by Gasteiger charge is -2.05. The summed E-state index contributed by atoms with van der Waals surface area (Å²) in [5.74, 6) is 0. The van der Waals surface area contributed by atoms with Crippen LogP contribution >= 0.6 is 0 Å². The number of hydrogen-bond donors (Lipinski definition) is 0. The van der Waals surface area contributed by atoms with Crippen LogP contribution in [-0.4, -0.2) is 0 Å². The van der Waals surface area contributed by atoms with Crippen LogP contribution < -0.4 is 0 Å². The van der Waals surface area contributed by atoms with Crippen molar-refractivity contribution >= 4 is 0 Å². The van der Waals surface area contributed by atoms with Gasteiger partial charge in [-0.05, 0) is 5.41 Å². The van der Waals surface area contributed by atoms with Gasteiger partial charge in [0.1, 0.15) is 0 Å². The third-order valence-corrected chi connectivity index (χ3v) is 0.667. The summed E-state index contributed by atoms with van der Waals surface area (Å²) >= 11 is 0. The van der Waals surface area contributed by atoms with Crippen LogP contribution in [0.1, 0.15) is 49.0 Å². The Hall–Kier alpha value is -0.780. The van der Waals surface area contributed by atoms with Crippen LogP contribution in [-0.2, 0) is 0 Å². The lowest BCUT2D eigenvalue weighted by molar-refractivity contribution is 0.469. The predicted molar refractivity (Wildman–Crippen MR) is 69.7 cm³/mol. The fourth-order valence-corrected chi connectivity index (χ4v) is 0.385. The maximum absolute atomic E-state index is 2.19. The average molecular weight is 196 g/mol. The minimum absolute atomic E-state index is 0. The maximum atomic E-state index is 2.19. The summed E-state index contributed by atoms with van der Waals surface area (Å²) in [5.41, 5.74) is 0.500. The molecular formula is C14H28. The van der Waals surface area contributed by atoms with Gasteiger partial charge in [0.25, 0.3) is 0 Å². The first-order valence-electron chi connectivity index (χ1n) is 5.00. The largest absolute Gasteiger partial charge is 0.0776 e. The zero-order valence-electron chi connectivity index (χ0n) is 9.96. The molecule has 0 spiro atoms. The van der Waals surface area contributed by atoms with Gasteiger partial charge in [-0.3, -0.25) is 0 Å². The molecule has 0 fully saturated rings. The summed E-state index contributed by atoms with van der Waals surface area (Å²) in [6.07, 6.45) is 0. The summed E-state index contributed by atoms with van der Waals surface area (Å²) in [6.45, 7) is 12.8. The molecule has 0 saturated heterocycles. The van der Waals surface area contributed by atoms with Crippen molar-refractivity contribution in [2.24, 2.45) is 5.41 Å². The van der Waals surface area contributed by atoms with Gasteiger partial charge in [-0.25, -0.2) is 0 Å². The molecule has 0 heterocycles. The van der Waals surface area contributed by atoms with Gasteiger partial charge in [0, 0.05) is 0 Å². The van der Waals surface area contributed by atoms with E-state index in [0.29, 0.717) is 5.41 Å². The summed E-state index contributed by atoms with van der Waals surface area (Å²) in [7, 11) is 0. The minimum Gasteiger partial charge on any atom is -0.0776 e. The molecule has 0 aromatic heterocycles. The first-order valence-corrected chi connectivity index (χ1v) is 5.00. The van der Waals surface area contributed by atoms with Crippen molar-refractivity contribution in [3.63, 3.8) is 0 Å². The highest BCUT2D eigenvalue weighted by Crippen LogP contribution is 2.08. The van der Waals surface area contributed by atoms with Gasteiger partial charge in [-0.1, -0.05) is 85.4 Å². The fourth-order valence-electron chi connectivity index (χ4n) is 0.385.